The number of nitrogens with zero attached hydrogens (tertiary/aromatic N) is 3. The quantitative estimate of drug-likeness (QED) is 0.343. The number of aromatic nitrogens is 1. The third-order valence-electron chi connectivity index (χ3n) is 4.53. The van der Waals surface area contributed by atoms with Gasteiger partial charge in [0.1, 0.15) is 20.9 Å². The number of anilines is 4. The molecule has 0 aliphatic heterocycles. The molecular weight excluding hydrogens is 551 g/mol. The van der Waals surface area contributed by atoms with Gasteiger partial charge in [0.25, 0.3) is 10.0 Å². The van der Waals surface area contributed by atoms with E-state index in [1.54, 1.807) is 7.05 Å². The van der Waals surface area contributed by atoms with Gasteiger partial charge in [0.2, 0.25) is 0 Å². The zero-order valence-electron chi connectivity index (χ0n) is 18.3. The topological polar surface area (TPSA) is 77.6 Å². The molecule has 0 saturated heterocycles. The molecule has 0 aliphatic rings. The monoisotopic (exact) mass is 571 g/mol. The van der Waals surface area contributed by atoms with Gasteiger partial charge in [-0.05, 0) is 38.4 Å². The van der Waals surface area contributed by atoms with Crippen LogP contribution in [0.5, 0.6) is 0 Å². The molecule has 3 aromatic rings. The van der Waals surface area contributed by atoms with E-state index in [1.165, 1.54) is 24.4 Å². The van der Waals surface area contributed by atoms with Crippen LogP contribution >= 0.6 is 46.9 Å². The Labute approximate surface area is 217 Å². The highest BCUT2D eigenvalue weighted by Crippen LogP contribution is 2.35. The van der Waals surface area contributed by atoms with Crippen LogP contribution in [0.4, 0.5) is 31.0 Å². The number of nitrogens with one attached hydrogen (secondary N) is 2. The summed E-state index contributed by atoms with van der Waals surface area (Å²) >= 11 is 12.9. The van der Waals surface area contributed by atoms with E-state index >= 15 is 0 Å². The average Bonchev–Trinajstić information content (AvgIpc) is 3.13. The fourth-order valence-electron chi connectivity index (χ4n) is 2.84. The first-order valence-corrected chi connectivity index (χ1v) is 12.6. The van der Waals surface area contributed by atoms with E-state index in [2.05, 4.69) is 15.0 Å². The minimum atomic E-state index is -4.30. The molecule has 14 heteroatoms. The third kappa shape index (κ3) is 7.06. The highest BCUT2D eigenvalue weighted by Gasteiger charge is 2.23. The first kappa shape index (κ1) is 28.3. The maximum Gasteiger partial charge on any atom is 0.266 e. The second-order valence-electron chi connectivity index (χ2n) is 7.35. The van der Waals surface area contributed by atoms with Gasteiger partial charge in [-0.15, -0.1) is 12.4 Å². The zero-order chi connectivity index (χ0) is 24.3. The molecule has 0 atom stereocenters. The van der Waals surface area contributed by atoms with E-state index in [1.807, 2.05) is 23.9 Å². The Morgan fingerprint density at radius 2 is 1.76 bits per heavy atom. The summed E-state index contributed by atoms with van der Waals surface area (Å²) in [5, 5.41) is 2.93. The molecule has 186 valence electrons. The first-order chi connectivity index (χ1) is 15.5. The standard InChI is InChI=1S/C20H21Cl2F2N5O2S2.ClH/c1-28(2)6-7-29(3)17-8-12(23)4-5-15(17)26-16-10-14(24)18(9-13(16)21)33(30,31)27-20-25-11-19(22)32-20;/h4-5,8-11,26H,6-7H2,1-3H3,(H,25,27);1H. The normalized spacial score (nSPS) is 11.3. The fraction of sp³-hybridized carbons (Fsp3) is 0.250. The molecule has 2 aromatic carbocycles. The Morgan fingerprint density at radius 3 is 2.38 bits per heavy atom. The van der Waals surface area contributed by atoms with Crippen LogP contribution in [0.15, 0.2) is 41.4 Å². The minimum Gasteiger partial charge on any atom is -0.372 e. The third-order valence-corrected chi connectivity index (χ3v) is 7.36. The molecular formula is C20H22Cl3F2N5O2S2. The van der Waals surface area contributed by atoms with Crippen molar-refractivity contribution in [2.24, 2.45) is 0 Å². The largest absolute Gasteiger partial charge is 0.372 e. The Bertz CT molecular complexity index is 1260. The van der Waals surface area contributed by atoms with Gasteiger partial charge < -0.3 is 15.1 Å². The van der Waals surface area contributed by atoms with Gasteiger partial charge in [-0.1, -0.05) is 34.5 Å². The van der Waals surface area contributed by atoms with E-state index in [-0.39, 0.29) is 32.6 Å². The molecule has 0 saturated carbocycles. The Morgan fingerprint density at radius 1 is 1.06 bits per heavy atom. The lowest BCUT2D eigenvalue weighted by Gasteiger charge is -2.25. The SMILES string of the molecule is CN(C)CCN(C)c1cc(F)ccc1Nc1cc(F)c(S(=O)(=O)Nc2ncc(Cl)s2)cc1Cl.Cl. The second-order valence-corrected chi connectivity index (χ2v) is 11.1. The minimum absolute atomic E-state index is 0. The molecule has 3 rings (SSSR count). The Kier molecular flexibility index (Phi) is 9.75. The molecule has 34 heavy (non-hydrogen) atoms. The highest BCUT2D eigenvalue weighted by molar-refractivity contribution is 7.93. The van der Waals surface area contributed by atoms with Crippen molar-refractivity contribution in [1.82, 2.24) is 9.88 Å². The summed E-state index contributed by atoms with van der Waals surface area (Å²) in [6.45, 7) is 1.34. The molecule has 0 amide bonds. The van der Waals surface area contributed by atoms with Crippen LogP contribution in [0.3, 0.4) is 0 Å². The number of rotatable bonds is 9. The zero-order valence-corrected chi connectivity index (χ0v) is 22.2. The van der Waals surface area contributed by atoms with Crippen LogP contribution in [-0.4, -0.2) is 52.5 Å². The van der Waals surface area contributed by atoms with Crippen LogP contribution in [0, 0.1) is 11.6 Å². The number of thiazole rings is 1. The smallest absolute Gasteiger partial charge is 0.266 e. The molecule has 0 aliphatic carbocycles. The van der Waals surface area contributed by atoms with Crippen molar-refractivity contribution < 1.29 is 17.2 Å². The molecule has 1 heterocycles. The summed E-state index contributed by atoms with van der Waals surface area (Å²) in [4.78, 5) is 6.99. The molecule has 1 aromatic heterocycles. The Balaban J connectivity index is 0.00000408. The number of hydrogen-bond acceptors (Lipinski definition) is 7. The van der Waals surface area contributed by atoms with E-state index in [4.69, 9.17) is 23.2 Å². The lowest BCUT2D eigenvalue weighted by atomic mass is 10.2. The molecule has 0 radical (unpaired) electrons. The van der Waals surface area contributed by atoms with Crippen LogP contribution in [-0.2, 0) is 10.0 Å². The van der Waals surface area contributed by atoms with Crippen LogP contribution in [0.1, 0.15) is 0 Å². The lowest BCUT2D eigenvalue weighted by Crippen LogP contribution is -2.29. The number of likely N-dealkylation sites (N-methyl/N-ethyl adjacent to an activating group) is 2. The van der Waals surface area contributed by atoms with Crippen LogP contribution in [0.25, 0.3) is 0 Å². The predicted molar refractivity (Wildman–Crippen MR) is 138 cm³/mol. The molecule has 0 unspecified atom stereocenters. The van der Waals surface area contributed by atoms with Gasteiger partial charge >= 0.3 is 0 Å². The second kappa shape index (κ2) is 11.7. The van der Waals surface area contributed by atoms with Gasteiger partial charge in [0, 0.05) is 26.2 Å². The van der Waals surface area contributed by atoms with Gasteiger partial charge in [0.15, 0.2) is 5.13 Å². The molecule has 0 bridgehead atoms. The van der Waals surface area contributed by atoms with Gasteiger partial charge in [0.05, 0.1) is 28.3 Å². The summed E-state index contributed by atoms with van der Waals surface area (Å²) < 4.78 is 56.4. The van der Waals surface area contributed by atoms with Gasteiger partial charge in [-0.2, -0.15) is 0 Å². The first-order valence-electron chi connectivity index (χ1n) is 9.52. The van der Waals surface area contributed by atoms with Crippen molar-refractivity contribution in [3.05, 3.63) is 57.5 Å². The maximum absolute atomic E-state index is 14.8. The molecule has 0 fully saturated rings. The van der Waals surface area contributed by atoms with Crippen molar-refractivity contribution in [2.75, 3.05) is 49.2 Å². The van der Waals surface area contributed by atoms with Crippen molar-refractivity contribution in [3.8, 4) is 0 Å². The van der Waals surface area contributed by atoms with E-state index in [9.17, 15) is 17.2 Å². The van der Waals surface area contributed by atoms with E-state index < -0.39 is 26.6 Å². The molecule has 0 spiro atoms. The van der Waals surface area contributed by atoms with Crippen LogP contribution < -0.4 is 14.9 Å². The molecule has 7 nitrogen and oxygen atoms in total. The summed E-state index contributed by atoms with van der Waals surface area (Å²) in [5.74, 6) is -1.46. The molecule has 2 N–H and O–H groups in total. The number of hydrogen-bond donors (Lipinski definition) is 2. The van der Waals surface area contributed by atoms with Crippen molar-refractivity contribution in [3.63, 3.8) is 0 Å². The van der Waals surface area contributed by atoms with E-state index in [0.29, 0.717) is 17.9 Å². The number of halogens is 5. The van der Waals surface area contributed by atoms with Crippen molar-refractivity contribution >= 4 is 79.2 Å². The summed E-state index contributed by atoms with van der Waals surface area (Å²) in [6.07, 6.45) is 1.27. The highest BCUT2D eigenvalue weighted by atomic mass is 35.5. The van der Waals surface area contributed by atoms with Gasteiger partial charge in [-0.25, -0.2) is 22.2 Å². The summed E-state index contributed by atoms with van der Waals surface area (Å²) in [5.41, 5.74) is 1.14. The average molecular weight is 573 g/mol. The number of sulfonamides is 1. The fourth-order valence-corrected chi connectivity index (χ4v) is 5.26. The van der Waals surface area contributed by atoms with Gasteiger partial charge in [-0.3, -0.25) is 4.72 Å². The lowest BCUT2D eigenvalue weighted by molar-refractivity contribution is 0.416. The summed E-state index contributed by atoms with van der Waals surface area (Å²) in [7, 11) is 1.36. The van der Waals surface area contributed by atoms with Crippen molar-refractivity contribution in [2.45, 2.75) is 4.90 Å². The van der Waals surface area contributed by atoms with Crippen molar-refractivity contribution in [1.29, 1.82) is 0 Å². The maximum atomic E-state index is 14.8. The van der Waals surface area contributed by atoms with Crippen LogP contribution in [0.2, 0.25) is 9.36 Å². The Hall–Kier alpha value is -1.89. The number of benzene rings is 2. The summed E-state index contributed by atoms with van der Waals surface area (Å²) in [6, 6.07) is 6.08. The van der Waals surface area contributed by atoms with E-state index in [0.717, 1.165) is 30.0 Å². The predicted octanol–water partition coefficient (Wildman–Crippen LogP) is 5.69.